The summed E-state index contributed by atoms with van der Waals surface area (Å²) >= 11 is 0. The molecule has 0 spiro atoms. The zero-order chi connectivity index (χ0) is 15.1. The van der Waals surface area contributed by atoms with E-state index in [1.807, 2.05) is 24.3 Å². The average molecular weight is 290 g/mol. The first-order valence-electron chi connectivity index (χ1n) is 7.83. The van der Waals surface area contributed by atoms with Crippen molar-refractivity contribution in [1.29, 1.82) is 0 Å². The standard InChI is InChI=1S/C17H26N2O2/c18-13-17(7-2-1-3-8-17)10-16(21)19-11-14-5-4-6-15(9-14)12-20/h4-6,9,20H,1-3,7-8,10-13,18H2,(H,19,21). The van der Waals surface area contributed by atoms with Gasteiger partial charge in [-0.3, -0.25) is 4.79 Å². The van der Waals surface area contributed by atoms with Crippen molar-refractivity contribution in [3.63, 3.8) is 0 Å². The van der Waals surface area contributed by atoms with Crippen molar-refractivity contribution in [2.24, 2.45) is 11.1 Å². The second kappa shape index (κ2) is 7.57. The van der Waals surface area contributed by atoms with Crippen LogP contribution in [0.3, 0.4) is 0 Å². The first-order chi connectivity index (χ1) is 10.2. The molecule has 0 atom stereocenters. The van der Waals surface area contributed by atoms with E-state index in [2.05, 4.69) is 5.32 Å². The Morgan fingerprint density at radius 1 is 1.24 bits per heavy atom. The van der Waals surface area contributed by atoms with Crippen LogP contribution in [0.1, 0.15) is 49.7 Å². The van der Waals surface area contributed by atoms with Gasteiger partial charge in [0.25, 0.3) is 0 Å². The van der Waals surface area contributed by atoms with Gasteiger partial charge >= 0.3 is 0 Å². The number of rotatable bonds is 6. The van der Waals surface area contributed by atoms with E-state index in [4.69, 9.17) is 10.8 Å². The van der Waals surface area contributed by atoms with E-state index in [0.29, 0.717) is 19.5 Å². The Morgan fingerprint density at radius 2 is 1.95 bits per heavy atom. The van der Waals surface area contributed by atoms with E-state index in [1.165, 1.54) is 19.3 Å². The molecule has 1 saturated carbocycles. The lowest BCUT2D eigenvalue weighted by atomic mass is 9.71. The number of nitrogens with two attached hydrogens (primary N) is 1. The molecular weight excluding hydrogens is 264 g/mol. The fraction of sp³-hybridized carbons (Fsp3) is 0.588. The summed E-state index contributed by atoms with van der Waals surface area (Å²) in [6, 6.07) is 7.64. The van der Waals surface area contributed by atoms with Gasteiger partial charge in [-0.1, -0.05) is 43.5 Å². The van der Waals surface area contributed by atoms with Crippen LogP contribution in [0.4, 0.5) is 0 Å². The van der Waals surface area contributed by atoms with E-state index in [9.17, 15) is 4.79 Å². The van der Waals surface area contributed by atoms with Crippen LogP contribution in [0, 0.1) is 5.41 Å². The van der Waals surface area contributed by atoms with Gasteiger partial charge in [0.2, 0.25) is 5.91 Å². The summed E-state index contributed by atoms with van der Waals surface area (Å²) in [5.74, 6) is 0.0803. The molecule has 1 fully saturated rings. The molecule has 1 amide bonds. The molecule has 4 N–H and O–H groups in total. The van der Waals surface area contributed by atoms with Crippen molar-refractivity contribution in [1.82, 2.24) is 5.32 Å². The van der Waals surface area contributed by atoms with Gasteiger partial charge in [-0.15, -0.1) is 0 Å². The largest absolute Gasteiger partial charge is 0.392 e. The Bertz CT molecular complexity index is 468. The number of aliphatic hydroxyl groups excluding tert-OH is 1. The van der Waals surface area contributed by atoms with E-state index in [1.54, 1.807) is 0 Å². The number of amides is 1. The molecule has 4 nitrogen and oxygen atoms in total. The van der Waals surface area contributed by atoms with Crippen LogP contribution in [0.25, 0.3) is 0 Å². The third-order valence-electron chi connectivity index (χ3n) is 4.55. The van der Waals surface area contributed by atoms with Crippen LogP contribution in [0.15, 0.2) is 24.3 Å². The molecule has 0 bridgehead atoms. The number of nitrogens with one attached hydrogen (secondary N) is 1. The SMILES string of the molecule is NCC1(CC(=O)NCc2cccc(CO)c2)CCCCC1. The first-order valence-corrected chi connectivity index (χ1v) is 7.83. The first kappa shape index (κ1) is 16.0. The highest BCUT2D eigenvalue weighted by Gasteiger charge is 2.32. The average Bonchev–Trinajstić information content (AvgIpc) is 2.54. The molecule has 0 radical (unpaired) electrons. The van der Waals surface area contributed by atoms with Crippen LogP contribution in [0.2, 0.25) is 0 Å². The van der Waals surface area contributed by atoms with E-state index >= 15 is 0 Å². The minimum absolute atomic E-state index is 0.00921. The van der Waals surface area contributed by atoms with Gasteiger partial charge < -0.3 is 16.2 Å². The summed E-state index contributed by atoms with van der Waals surface area (Å²) < 4.78 is 0. The van der Waals surface area contributed by atoms with E-state index in [-0.39, 0.29) is 17.9 Å². The third kappa shape index (κ3) is 4.55. The van der Waals surface area contributed by atoms with Crippen LogP contribution in [-0.2, 0) is 17.9 Å². The second-order valence-electron chi connectivity index (χ2n) is 6.20. The molecule has 0 heterocycles. The maximum atomic E-state index is 12.2. The summed E-state index contributed by atoms with van der Waals surface area (Å²) in [6.45, 7) is 1.13. The van der Waals surface area contributed by atoms with Gasteiger partial charge in [0, 0.05) is 13.0 Å². The molecule has 4 heteroatoms. The van der Waals surface area contributed by atoms with Gasteiger partial charge in [-0.25, -0.2) is 0 Å². The molecule has 0 aliphatic heterocycles. The minimum Gasteiger partial charge on any atom is -0.392 e. The summed E-state index contributed by atoms with van der Waals surface area (Å²) in [6.07, 6.45) is 6.29. The number of carbonyl (C=O) groups excluding carboxylic acids is 1. The molecule has 0 unspecified atom stereocenters. The highest BCUT2D eigenvalue weighted by molar-refractivity contribution is 5.76. The topological polar surface area (TPSA) is 75.4 Å². The monoisotopic (exact) mass is 290 g/mol. The van der Waals surface area contributed by atoms with Crippen LogP contribution < -0.4 is 11.1 Å². The Kier molecular flexibility index (Phi) is 5.76. The maximum absolute atomic E-state index is 12.2. The number of hydrogen-bond acceptors (Lipinski definition) is 3. The van der Waals surface area contributed by atoms with Crippen molar-refractivity contribution in [3.8, 4) is 0 Å². The zero-order valence-corrected chi connectivity index (χ0v) is 12.6. The van der Waals surface area contributed by atoms with Crippen molar-refractivity contribution < 1.29 is 9.90 Å². The lowest BCUT2D eigenvalue weighted by Crippen LogP contribution is -2.38. The molecular formula is C17H26N2O2. The normalized spacial score (nSPS) is 17.4. The molecule has 1 aliphatic rings. The summed E-state index contributed by atoms with van der Waals surface area (Å²) in [7, 11) is 0. The predicted molar refractivity (Wildman–Crippen MR) is 83.4 cm³/mol. The van der Waals surface area contributed by atoms with Gasteiger partial charge in [0.1, 0.15) is 0 Å². The van der Waals surface area contributed by atoms with Gasteiger partial charge in [-0.05, 0) is 35.9 Å². The predicted octanol–water partition coefficient (Wildman–Crippen LogP) is 2.09. The van der Waals surface area contributed by atoms with Crippen LogP contribution >= 0.6 is 0 Å². The Morgan fingerprint density at radius 3 is 2.62 bits per heavy atom. The second-order valence-corrected chi connectivity index (χ2v) is 6.20. The fourth-order valence-electron chi connectivity index (χ4n) is 3.20. The maximum Gasteiger partial charge on any atom is 0.220 e. The molecule has 1 aromatic carbocycles. The minimum atomic E-state index is 0.00921. The summed E-state index contributed by atoms with van der Waals surface area (Å²) in [5, 5.41) is 12.1. The molecule has 116 valence electrons. The van der Waals surface area contributed by atoms with E-state index in [0.717, 1.165) is 24.0 Å². The van der Waals surface area contributed by atoms with Crippen molar-refractivity contribution >= 4 is 5.91 Å². The molecule has 1 aromatic rings. The lowest BCUT2D eigenvalue weighted by molar-refractivity contribution is -0.124. The smallest absolute Gasteiger partial charge is 0.220 e. The van der Waals surface area contributed by atoms with Crippen molar-refractivity contribution in [2.45, 2.75) is 51.7 Å². The Labute approximate surface area is 126 Å². The van der Waals surface area contributed by atoms with Crippen molar-refractivity contribution in [3.05, 3.63) is 35.4 Å². The molecule has 0 saturated heterocycles. The van der Waals surface area contributed by atoms with Gasteiger partial charge in [0.15, 0.2) is 0 Å². The molecule has 21 heavy (non-hydrogen) atoms. The number of carbonyl (C=O) groups is 1. The quantitative estimate of drug-likeness (QED) is 0.751. The molecule has 1 aliphatic carbocycles. The van der Waals surface area contributed by atoms with E-state index < -0.39 is 0 Å². The third-order valence-corrected chi connectivity index (χ3v) is 4.55. The number of hydrogen-bond donors (Lipinski definition) is 3. The Balaban J connectivity index is 1.86. The zero-order valence-electron chi connectivity index (χ0n) is 12.6. The number of benzene rings is 1. The van der Waals surface area contributed by atoms with Crippen LogP contribution in [0.5, 0.6) is 0 Å². The highest BCUT2D eigenvalue weighted by Crippen LogP contribution is 2.38. The Hall–Kier alpha value is -1.39. The van der Waals surface area contributed by atoms with Gasteiger partial charge in [0.05, 0.1) is 6.61 Å². The summed E-state index contributed by atoms with van der Waals surface area (Å²) in [5.41, 5.74) is 7.82. The lowest BCUT2D eigenvalue weighted by Gasteiger charge is -2.35. The molecule has 0 aromatic heterocycles. The molecule has 2 rings (SSSR count). The van der Waals surface area contributed by atoms with Crippen molar-refractivity contribution in [2.75, 3.05) is 6.54 Å². The van der Waals surface area contributed by atoms with Crippen LogP contribution in [-0.4, -0.2) is 17.6 Å². The number of aliphatic hydroxyl groups is 1. The fourth-order valence-corrected chi connectivity index (χ4v) is 3.20. The highest BCUT2D eigenvalue weighted by atomic mass is 16.3. The summed E-state index contributed by atoms with van der Waals surface area (Å²) in [4.78, 5) is 12.2. The van der Waals surface area contributed by atoms with Gasteiger partial charge in [-0.2, -0.15) is 0 Å².